The van der Waals surface area contributed by atoms with E-state index >= 15 is 0 Å². The third-order valence-electron chi connectivity index (χ3n) is 5.35. The number of ketones is 1. The Morgan fingerprint density at radius 3 is 2.23 bits per heavy atom. The van der Waals surface area contributed by atoms with Gasteiger partial charge in [-0.1, -0.05) is 35.9 Å². The number of carbonyl (C=O) groups is 2. The van der Waals surface area contributed by atoms with Crippen LogP contribution in [0.15, 0.2) is 48.0 Å². The quantitative estimate of drug-likeness (QED) is 0.418. The Morgan fingerprint density at radius 2 is 1.68 bits per heavy atom. The lowest BCUT2D eigenvalue weighted by Crippen LogP contribution is -2.35. The van der Waals surface area contributed by atoms with Crippen molar-refractivity contribution in [3.63, 3.8) is 0 Å². The molecule has 1 fully saturated rings. The number of methoxy groups -OCH3 is 2. The molecule has 2 aromatic carbocycles. The molecule has 1 saturated heterocycles. The topological polar surface area (TPSA) is 79.3 Å². The Bertz CT molecular complexity index is 1010. The Balaban J connectivity index is 2.25. The normalized spacial score (nSPS) is 18.0. The second-order valence-electron chi connectivity index (χ2n) is 7.75. The average Bonchev–Trinajstić information content (AvgIpc) is 3.01. The first-order chi connectivity index (χ1) is 14.8. The predicted octanol–water partition coefficient (Wildman–Crippen LogP) is 3.00. The summed E-state index contributed by atoms with van der Waals surface area (Å²) in [5.74, 6) is -0.982. The van der Waals surface area contributed by atoms with Crippen LogP contribution in [0.4, 0.5) is 0 Å². The summed E-state index contributed by atoms with van der Waals surface area (Å²) in [5, 5.41) is 11.3. The van der Waals surface area contributed by atoms with Crippen LogP contribution in [0.3, 0.4) is 0 Å². The number of aliphatic hydroxyl groups is 1. The standard InChI is InChI=1S/C24H28N2O5/c1-15-8-6-9-16(14-15)21-20(23(28)24(29)26(21)13-12-25(2)3)22(27)19-17(30-4)10-7-11-18(19)31-5/h6-11,14,21,27H,12-13H2,1-5H3/b22-20+. The number of hydrogen-bond donors (Lipinski definition) is 1. The highest BCUT2D eigenvalue weighted by Crippen LogP contribution is 2.43. The number of amides is 1. The Morgan fingerprint density at radius 1 is 1.06 bits per heavy atom. The monoisotopic (exact) mass is 424 g/mol. The average molecular weight is 424 g/mol. The molecular weight excluding hydrogens is 396 g/mol. The van der Waals surface area contributed by atoms with Crippen molar-refractivity contribution < 1.29 is 24.2 Å². The van der Waals surface area contributed by atoms with E-state index in [-0.39, 0.29) is 16.9 Å². The Hall–Kier alpha value is -3.32. The molecule has 2 aromatic rings. The maximum atomic E-state index is 13.1. The second-order valence-corrected chi connectivity index (χ2v) is 7.75. The van der Waals surface area contributed by atoms with Crippen LogP contribution in [0.2, 0.25) is 0 Å². The third kappa shape index (κ3) is 4.27. The molecule has 0 aromatic heterocycles. The van der Waals surface area contributed by atoms with Gasteiger partial charge in [0.2, 0.25) is 0 Å². The fourth-order valence-corrected chi connectivity index (χ4v) is 3.82. The van der Waals surface area contributed by atoms with E-state index in [1.807, 2.05) is 50.2 Å². The number of nitrogens with zero attached hydrogens (tertiary/aromatic N) is 2. The minimum absolute atomic E-state index is 0.0251. The van der Waals surface area contributed by atoms with Crippen LogP contribution in [0.25, 0.3) is 5.76 Å². The molecule has 3 rings (SSSR count). The van der Waals surface area contributed by atoms with Gasteiger partial charge in [0.15, 0.2) is 0 Å². The van der Waals surface area contributed by atoms with Crippen molar-refractivity contribution in [1.29, 1.82) is 0 Å². The van der Waals surface area contributed by atoms with Crippen LogP contribution in [0.1, 0.15) is 22.7 Å². The minimum Gasteiger partial charge on any atom is -0.506 e. The molecule has 1 N–H and O–H groups in total. The van der Waals surface area contributed by atoms with Gasteiger partial charge in [-0.15, -0.1) is 0 Å². The number of benzene rings is 2. The summed E-state index contributed by atoms with van der Waals surface area (Å²) in [6.45, 7) is 2.86. The number of carbonyl (C=O) groups excluding carboxylic acids is 2. The lowest BCUT2D eigenvalue weighted by atomic mass is 9.94. The highest BCUT2D eigenvalue weighted by atomic mass is 16.5. The van der Waals surface area contributed by atoms with Gasteiger partial charge in [0.1, 0.15) is 22.8 Å². The van der Waals surface area contributed by atoms with Crippen molar-refractivity contribution in [2.75, 3.05) is 41.4 Å². The molecule has 31 heavy (non-hydrogen) atoms. The first-order valence-electron chi connectivity index (χ1n) is 10.0. The molecule has 0 spiro atoms. The van der Waals surface area contributed by atoms with Crippen molar-refractivity contribution in [2.24, 2.45) is 0 Å². The summed E-state index contributed by atoms with van der Waals surface area (Å²) in [4.78, 5) is 29.6. The van der Waals surface area contributed by atoms with Crippen LogP contribution in [-0.2, 0) is 9.59 Å². The van der Waals surface area contributed by atoms with Crippen molar-refractivity contribution in [2.45, 2.75) is 13.0 Å². The number of likely N-dealkylation sites (N-methyl/N-ethyl adjacent to an activating group) is 1. The molecular formula is C24H28N2O5. The summed E-state index contributed by atoms with van der Waals surface area (Å²) in [5.41, 5.74) is 2.02. The van der Waals surface area contributed by atoms with Gasteiger partial charge in [0.25, 0.3) is 11.7 Å². The number of rotatable bonds is 7. The van der Waals surface area contributed by atoms with E-state index in [2.05, 4.69) is 0 Å². The zero-order chi connectivity index (χ0) is 22.7. The third-order valence-corrected chi connectivity index (χ3v) is 5.35. The molecule has 1 unspecified atom stereocenters. The van der Waals surface area contributed by atoms with E-state index in [0.717, 1.165) is 11.1 Å². The van der Waals surface area contributed by atoms with Gasteiger partial charge in [0, 0.05) is 13.1 Å². The molecule has 1 atom stereocenters. The minimum atomic E-state index is -0.726. The predicted molar refractivity (Wildman–Crippen MR) is 118 cm³/mol. The van der Waals surface area contributed by atoms with Crippen LogP contribution >= 0.6 is 0 Å². The maximum Gasteiger partial charge on any atom is 0.295 e. The second kappa shape index (κ2) is 9.22. The van der Waals surface area contributed by atoms with Gasteiger partial charge in [-0.3, -0.25) is 9.59 Å². The Kier molecular flexibility index (Phi) is 6.65. The van der Waals surface area contributed by atoms with Crippen LogP contribution < -0.4 is 9.47 Å². The van der Waals surface area contributed by atoms with Crippen LogP contribution in [0.5, 0.6) is 11.5 Å². The van der Waals surface area contributed by atoms with E-state index in [1.54, 1.807) is 18.2 Å². The largest absolute Gasteiger partial charge is 0.506 e. The van der Waals surface area contributed by atoms with Gasteiger partial charge >= 0.3 is 0 Å². The first kappa shape index (κ1) is 22.4. The number of Topliss-reactive ketones (excluding diaryl/α,β-unsaturated/α-hetero) is 1. The summed E-state index contributed by atoms with van der Waals surface area (Å²) in [6, 6.07) is 11.9. The lowest BCUT2D eigenvalue weighted by Gasteiger charge is -2.27. The van der Waals surface area contributed by atoms with Crippen molar-refractivity contribution >= 4 is 17.4 Å². The van der Waals surface area contributed by atoms with E-state index in [4.69, 9.17) is 9.47 Å². The zero-order valence-corrected chi connectivity index (χ0v) is 18.5. The number of likely N-dealkylation sites (tertiary alicyclic amines) is 1. The molecule has 1 amide bonds. The highest BCUT2D eigenvalue weighted by molar-refractivity contribution is 6.46. The molecule has 7 nitrogen and oxygen atoms in total. The van der Waals surface area contributed by atoms with Crippen molar-refractivity contribution in [3.8, 4) is 11.5 Å². The highest BCUT2D eigenvalue weighted by Gasteiger charge is 2.46. The number of aliphatic hydroxyl groups excluding tert-OH is 1. The molecule has 1 heterocycles. The molecule has 1 aliphatic rings. The smallest absolute Gasteiger partial charge is 0.295 e. The Labute approximate surface area is 182 Å². The summed E-state index contributed by atoms with van der Waals surface area (Å²) < 4.78 is 10.8. The van der Waals surface area contributed by atoms with E-state index in [9.17, 15) is 14.7 Å². The molecule has 1 aliphatic heterocycles. The van der Waals surface area contributed by atoms with E-state index in [1.165, 1.54) is 19.1 Å². The van der Waals surface area contributed by atoms with E-state index < -0.39 is 17.7 Å². The maximum absolute atomic E-state index is 13.1. The van der Waals surface area contributed by atoms with Gasteiger partial charge < -0.3 is 24.4 Å². The molecule has 0 bridgehead atoms. The lowest BCUT2D eigenvalue weighted by molar-refractivity contribution is -0.140. The zero-order valence-electron chi connectivity index (χ0n) is 18.5. The van der Waals surface area contributed by atoms with Crippen LogP contribution in [-0.4, -0.2) is 68.0 Å². The molecule has 0 radical (unpaired) electrons. The number of aryl methyl sites for hydroxylation is 1. The fourth-order valence-electron chi connectivity index (χ4n) is 3.82. The summed E-state index contributed by atoms with van der Waals surface area (Å²) in [7, 11) is 6.74. The SMILES string of the molecule is COc1cccc(OC)c1/C(O)=C1\C(=O)C(=O)N(CCN(C)C)C1c1cccc(C)c1. The van der Waals surface area contributed by atoms with Gasteiger partial charge in [0.05, 0.1) is 25.8 Å². The van der Waals surface area contributed by atoms with E-state index in [0.29, 0.717) is 24.6 Å². The van der Waals surface area contributed by atoms with Gasteiger partial charge in [-0.05, 0) is 38.7 Å². The molecule has 7 heteroatoms. The van der Waals surface area contributed by atoms with Crippen molar-refractivity contribution in [1.82, 2.24) is 9.80 Å². The molecule has 0 saturated carbocycles. The van der Waals surface area contributed by atoms with Gasteiger partial charge in [-0.2, -0.15) is 0 Å². The summed E-state index contributed by atoms with van der Waals surface area (Å²) >= 11 is 0. The first-order valence-corrected chi connectivity index (χ1v) is 10.0. The fraction of sp³-hybridized carbons (Fsp3) is 0.333. The summed E-state index contributed by atoms with van der Waals surface area (Å²) in [6.07, 6.45) is 0. The van der Waals surface area contributed by atoms with Gasteiger partial charge in [-0.25, -0.2) is 0 Å². The number of hydrogen-bond acceptors (Lipinski definition) is 6. The molecule has 164 valence electrons. The number of ether oxygens (including phenoxy) is 2. The van der Waals surface area contributed by atoms with Crippen LogP contribution in [0, 0.1) is 6.92 Å². The van der Waals surface area contributed by atoms with Crippen molar-refractivity contribution in [3.05, 3.63) is 64.7 Å². The molecule has 0 aliphatic carbocycles.